The Bertz CT molecular complexity index is 810. The summed E-state index contributed by atoms with van der Waals surface area (Å²) >= 11 is 0. The molecule has 0 aromatic heterocycles. The van der Waals surface area contributed by atoms with Gasteiger partial charge in [0.15, 0.2) is 0 Å². The predicted octanol–water partition coefficient (Wildman–Crippen LogP) is 2.63. The third-order valence-corrected chi connectivity index (χ3v) is 4.42. The molecule has 0 saturated carbocycles. The second kappa shape index (κ2) is 8.44. The summed E-state index contributed by atoms with van der Waals surface area (Å²) in [5, 5.41) is 5.61. The maximum absolute atomic E-state index is 12.3. The number of ether oxygens (including phenoxy) is 2. The van der Waals surface area contributed by atoms with E-state index in [1.165, 1.54) is 7.11 Å². The van der Waals surface area contributed by atoms with E-state index in [1.807, 2.05) is 30.3 Å². The lowest BCUT2D eigenvalue weighted by atomic mass is 10.2. The molecule has 7 nitrogen and oxygen atoms in total. The number of hydrogen-bond donors (Lipinski definition) is 2. The Balaban J connectivity index is 1.56. The maximum Gasteiger partial charge on any atom is 0.319 e. The molecular formula is C20H23N3O4. The molecule has 1 aliphatic heterocycles. The zero-order valence-corrected chi connectivity index (χ0v) is 15.4. The zero-order chi connectivity index (χ0) is 19.2. The van der Waals surface area contributed by atoms with Crippen LogP contribution in [0.4, 0.5) is 10.5 Å². The molecular weight excluding hydrogens is 346 g/mol. The van der Waals surface area contributed by atoms with Crippen LogP contribution in [0.3, 0.4) is 0 Å². The number of methoxy groups -OCH3 is 2. The topological polar surface area (TPSA) is 79.9 Å². The lowest BCUT2D eigenvalue weighted by Gasteiger charge is -2.18. The maximum atomic E-state index is 12.3. The zero-order valence-electron chi connectivity index (χ0n) is 15.4. The number of urea groups is 1. The summed E-state index contributed by atoms with van der Waals surface area (Å²) in [5.41, 5.74) is 1.60. The Hall–Kier alpha value is -3.22. The number of benzene rings is 2. The SMILES string of the molecule is COc1ccc(NC(=O)NC2CC(=O)N(Cc3ccccc3)C2)c(OC)c1. The van der Waals surface area contributed by atoms with Gasteiger partial charge in [0, 0.05) is 25.6 Å². The Labute approximate surface area is 158 Å². The van der Waals surface area contributed by atoms with Gasteiger partial charge in [0.25, 0.3) is 0 Å². The van der Waals surface area contributed by atoms with Crippen molar-refractivity contribution in [1.82, 2.24) is 10.2 Å². The lowest BCUT2D eigenvalue weighted by Crippen LogP contribution is -2.39. The third kappa shape index (κ3) is 4.69. The van der Waals surface area contributed by atoms with Gasteiger partial charge in [-0.25, -0.2) is 4.79 Å². The van der Waals surface area contributed by atoms with Gasteiger partial charge in [0.1, 0.15) is 11.5 Å². The number of nitrogens with one attached hydrogen (secondary N) is 2. The van der Waals surface area contributed by atoms with Crippen LogP contribution in [0, 0.1) is 0 Å². The summed E-state index contributed by atoms with van der Waals surface area (Å²) in [6, 6.07) is 14.3. The van der Waals surface area contributed by atoms with Gasteiger partial charge < -0.3 is 25.0 Å². The van der Waals surface area contributed by atoms with E-state index < -0.39 is 0 Å². The molecule has 2 N–H and O–H groups in total. The molecule has 2 aromatic rings. The van der Waals surface area contributed by atoms with Gasteiger partial charge in [0.2, 0.25) is 5.91 Å². The summed E-state index contributed by atoms with van der Waals surface area (Å²) in [6.45, 7) is 1.03. The van der Waals surface area contributed by atoms with Crippen LogP contribution in [0.1, 0.15) is 12.0 Å². The smallest absolute Gasteiger partial charge is 0.319 e. The van der Waals surface area contributed by atoms with Gasteiger partial charge >= 0.3 is 6.03 Å². The van der Waals surface area contributed by atoms with Crippen molar-refractivity contribution in [2.24, 2.45) is 0 Å². The van der Waals surface area contributed by atoms with Crippen LogP contribution in [-0.4, -0.2) is 43.6 Å². The fraction of sp³-hybridized carbons (Fsp3) is 0.300. The highest BCUT2D eigenvalue weighted by Gasteiger charge is 2.30. The lowest BCUT2D eigenvalue weighted by molar-refractivity contribution is -0.128. The predicted molar refractivity (Wildman–Crippen MR) is 102 cm³/mol. The van der Waals surface area contributed by atoms with Crippen LogP contribution >= 0.6 is 0 Å². The molecule has 1 unspecified atom stereocenters. The molecule has 1 fully saturated rings. The molecule has 0 spiro atoms. The van der Waals surface area contributed by atoms with Crippen LogP contribution < -0.4 is 20.1 Å². The minimum atomic E-state index is -0.377. The largest absolute Gasteiger partial charge is 0.497 e. The highest BCUT2D eigenvalue weighted by Crippen LogP contribution is 2.29. The average molecular weight is 369 g/mol. The van der Waals surface area contributed by atoms with E-state index in [-0.39, 0.29) is 18.0 Å². The third-order valence-electron chi connectivity index (χ3n) is 4.42. The van der Waals surface area contributed by atoms with E-state index in [0.29, 0.717) is 36.7 Å². The second-order valence-electron chi connectivity index (χ2n) is 6.33. The van der Waals surface area contributed by atoms with Crippen LogP contribution in [0.25, 0.3) is 0 Å². The molecule has 142 valence electrons. The van der Waals surface area contributed by atoms with Gasteiger partial charge in [-0.05, 0) is 17.7 Å². The number of anilines is 1. The number of amides is 3. The Morgan fingerprint density at radius 3 is 2.63 bits per heavy atom. The first kappa shape index (κ1) is 18.6. The Morgan fingerprint density at radius 2 is 1.93 bits per heavy atom. The average Bonchev–Trinajstić information content (AvgIpc) is 3.01. The van der Waals surface area contributed by atoms with E-state index in [0.717, 1.165) is 5.56 Å². The summed E-state index contributed by atoms with van der Waals surface area (Å²) in [6.07, 6.45) is 0.292. The molecule has 0 bridgehead atoms. The molecule has 2 aromatic carbocycles. The number of hydrogen-bond acceptors (Lipinski definition) is 4. The van der Waals surface area contributed by atoms with E-state index >= 15 is 0 Å². The van der Waals surface area contributed by atoms with Crippen molar-refractivity contribution in [3.8, 4) is 11.5 Å². The van der Waals surface area contributed by atoms with Gasteiger partial charge in [-0.3, -0.25) is 4.79 Å². The molecule has 0 radical (unpaired) electrons. The fourth-order valence-corrected chi connectivity index (χ4v) is 3.07. The fourth-order valence-electron chi connectivity index (χ4n) is 3.07. The molecule has 3 amide bonds. The standard InChI is InChI=1S/C20H23N3O4/c1-26-16-8-9-17(18(11-16)27-2)22-20(25)21-15-10-19(24)23(13-15)12-14-6-4-3-5-7-14/h3-9,11,15H,10,12-13H2,1-2H3,(H2,21,22,25). The number of rotatable bonds is 6. The normalized spacial score (nSPS) is 16.1. The molecule has 7 heteroatoms. The van der Waals surface area contributed by atoms with Gasteiger partial charge in [-0.15, -0.1) is 0 Å². The van der Waals surface area contributed by atoms with Gasteiger partial charge in [-0.2, -0.15) is 0 Å². The highest BCUT2D eigenvalue weighted by molar-refractivity contribution is 5.92. The van der Waals surface area contributed by atoms with Crippen molar-refractivity contribution in [2.75, 3.05) is 26.1 Å². The first-order valence-corrected chi connectivity index (χ1v) is 8.70. The minimum Gasteiger partial charge on any atom is -0.497 e. The van der Waals surface area contributed by atoms with Crippen molar-refractivity contribution in [3.05, 3.63) is 54.1 Å². The second-order valence-corrected chi connectivity index (χ2v) is 6.33. The van der Waals surface area contributed by atoms with Crippen molar-refractivity contribution in [1.29, 1.82) is 0 Å². The summed E-state index contributed by atoms with van der Waals surface area (Å²) < 4.78 is 10.4. The van der Waals surface area contributed by atoms with Crippen LogP contribution in [0.5, 0.6) is 11.5 Å². The highest BCUT2D eigenvalue weighted by atomic mass is 16.5. The quantitative estimate of drug-likeness (QED) is 0.820. The van der Waals surface area contributed by atoms with E-state index in [9.17, 15) is 9.59 Å². The van der Waals surface area contributed by atoms with Crippen molar-refractivity contribution >= 4 is 17.6 Å². The van der Waals surface area contributed by atoms with Crippen molar-refractivity contribution in [2.45, 2.75) is 19.0 Å². The molecule has 27 heavy (non-hydrogen) atoms. The Morgan fingerprint density at radius 1 is 1.15 bits per heavy atom. The molecule has 1 saturated heterocycles. The number of likely N-dealkylation sites (tertiary alicyclic amines) is 1. The van der Waals surface area contributed by atoms with Gasteiger partial charge in [-0.1, -0.05) is 30.3 Å². The number of carbonyl (C=O) groups excluding carboxylic acids is 2. The van der Waals surface area contributed by atoms with Crippen LogP contribution in [0.15, 0.2) is 48.5 Å². The number of nitrogens with zero attached hydrogens (tertiary/aromatic N) is 1. The molecule has 1 heterocycles. The van der Waals surface area contributed by atoms with Crippen LogP contribution in [-0.2, 0) is 11.3 Å². The monoisotopic (exact) mass is 369 g/mol. The summed E-state index contributed by atoms with van der Waals surface area (Å²) in [7, 11) is 3.09. The molecule has 0 aliphatic carbocycles. The first-order chi connectivity index (χ1) is 13.1. The van der Waals surface area contributed by atoms with E-state index in [4.69, 9.17) is 9.47 Å². The number of carbonyl (C=O) groups is 2. The minimum absolute atomic E-state index is 0.0335. The molecule has 3 rings (SSSR count). The molecule has 1 atom stereocenters. The summed E-state index contributed by atoms with van der Waals surface area (Å²) in [4.78, 5) is 26.3. The first-order valence-electron chi connectivity index (χ1n) is 8.70. The van der Waals surface area contributed by atoms with Crippen LogP contribution in [0.2, 0.25) is 0 Å². The van der Waals surface area contributed by atoms with Crippen molar-refractivity contribution in [3.63, 3.8) is 0 Å². The molecule has 1 aliphatic rings. The van der Waals surface area contributed by atoms with Gasteiger partial charge in [0.05, 0.1) is 25.9 Å². The van der Waals surface area contributed by atoms with E-state index in [2.05, 4.69) is 10.6 Å². The van der Waals surface area contributed by atoms with E-state index in [1.54, 1.807) is 30.2 Å². The Kier molecular flexibility index (Phi) is 5.80. The van der Waals surface area contributed by atoms with Crippen molar-refractivity contribution < 1.29 is 19.1 Å². The summed E-state index contributed by atoms with van der Waals surface area (Å²) in [5.74, 6) is 1.17.